The molecule has 5 aromatic rings. The van der Waals surface area contributed by atoms with E-state index in [2.05, 4.69) is 55.8 Å². The SMILES string of the molecule is CCCCc1nn(-c2ncnc(-n3nc(CCCC)c(/N=N/c4c(C(=O)OC)cnn4C)c3N)n2)c(N)c1/N=N/c1c(C(=O)OC)cnn1C. The number of unbranched alkanes of at least 4 members (excludes halogenated alkanes) is 2. The van der Waals surface area contributed by atoms with Crippen LogP contribution in [0.3, 0.4) is 0 Å². The molecule has 0 saturated heterocycles. The minimum atomic E-state index is -0.608. The Labute approximate surface area is 285 Å². The zero-order chi connectivity index (χ0) is 35.9. The van der Waals surface area contributed by atoms with Gasteiger partial charge in [-0.15, -0.1) is 20.5 Å². The number of hydrogen-bond donors (Lipinski definition) is 2. The molecule has 5 heterocycles. The van der Waals surface area contributed by atoms with Crippen molar-refractivity contribution in [3.8, 4) is 11.9 Å². The van der Waals surface area contributed by atoms with Crippen LogP contribution >= 0.6 is 0 Å². The lowest BCUT2D eigenvalue weighted by atomic mass is 10.2. The summed E-state index contributed by atoms with van der Waals surface area (Å²) in [5, 5.41) is 34.8. The predicted octanol–water partition coefficient (Wildman–Crippen LogP) is 3.96. The van der Waals surface area contributed by atoms with Crippen LogP contribution in [0.2, 0.25) is 0 Å². The largest absolute Gasteiger partial charge is 0.465 e. The van der Waals surface area contributed by atoms with E-state index in [0.29, 0.717) is 24.2 Å². The summed E-state index contributed by atoms with van der Waals surface area (Å²) in [5.41, 5.74) is 15.1. The van der Waals surface area contributed by atoms with Gasteiger partial charge in [-0.25, -0.2) is 19.0 Å². The molecule has 5 aromatic heterocycles. The Morgan fingerprint density at radius 1 is 0.720 bits per heavy atom. The van der Waals surface area contributed by atoms with Crippen molar-refractivity contribution in [2.75, 3.05) is 25.7 Å². The van der Waals surface area contributed by atoms with Crippen molar-refractivity contribution in [2.45, 2.75) is 52.4 Å². The van der Waals surface area contributed by atoms with Gasteiger partial charge < -0.3 is 20.9 Å². The van der Waals surface area contributed by atoms with E-state index in [9.17, 15) is 9.59 Å². The van der Waals surface area contributed by atoms with Crippen molar-refractivity contribution < 1.29 is 19.1 Å². The summed E-state index contributed by atoms with van der Waals surface area (Å²) in [7, 11) is 5.78. The molecule has 0 amide bonds. The molecule has 5 rings (SSSR count). The smallest absolute Gasteiger partial charge is 0.343 e. The molecule has 21 heteroatoms. The Morgan fingerprint density at radius 2 is 1.14 bits per heavy atom. The summed E-state index contributed by atoms with van der Waals surface area (Å²) in [6.45, 7) is 4.09. The topological polar surface area (TPSA) is 264 Å². The second-order valence-corrected chi connectivity index (χ2v) is 10.9. The molecule has 0 aliphatic rings. The number of aryl methyl sites for hydroxylation is 4. The van der Waals surface area contributed by atoms with Crippen LogP contribution in [-0.4, -0.2) is 80.2 Å². The molecule has 0 radical (unpaired) electrons. The van der Waals surface area contributed by atoms with E-state index in [-0.39, 0.29) is 57.7 Å². The van der Waals surface area contributed by atoms with Crippen LogP contribution in [0.15, 0.2) is 39.2 Å². The molecule has 0 spiro atoms. The second-order valence-electron chi connectivity index (χ2n) is 10.9. The molecule has 21 nitrogen and oxygen atoms in total. The van der Waals surface area contributed by atoms with E-state index in [1.165, 1.54) is 51.7 Å². The standard InChI is InChI=1S/C29H37N17O4/c1-7-9-11-18-20(37-39-24-16(26(47)49-5)13-34-43(24)3)22(30)45(41-18)28-32-15-33-29(36-28)46-23(31)21(19(42-46)12-10-8-2)38-40-25-17(27(48)50-6)14-35-44(25)4/h13-15H,7-12,30-31H2,1-6H3/b39-37+,40-38+. The van der Waals surface area contributed by atoms with E-state index in [1.54, 1.807) is 14.1 Å². The first-order valence-electron chi connectivity index (χ1n) is 15.6. The number of nitrogen functional groups attached to an aromatic ring is 2. The molecular formula is C29H37N17O4. The molecule has 0 fully saturated rings. The Bertz CT molecular complexity index is 1930. The second kappa shape index (κ2) is 15.2. The summed E-state index contributed by atoms with van der Waals surface area (Å²) in [6.07, 6.45) is 8.39. The quantitative estimate of drug-likeness (QED) is 0.124. The normalized spacial score (nSPS) is 11.6. The summed E-state index contributed by atoms with van der Waals surface area (Å²) in [4.78, 5) is 37.6. The van der Waals surface area contributed by atoms with Crippen molar-refractivity contribution >= 4 is 46.6 Å². The van der Waals surface area contributed by atoms with Crippen LogP contribution in [0, 0.1) is 0 Å². The van der Waals surface area contributed by atoms with Crippen molar-refractivity contribution in [2.24, 2.45) is 34.6 Å². The van der Waals surface area contributed by atoms with Gasteiger partial charge >= 0.3 is 11.9 Å². The molecule has 50 heavy (non-hydrogen) atoms. The van der Waals surface area contributed by atoms with Gasteiger partial charge in [-0.2, -0.15) is 44.7 Å². The minimum absolute atomic E-state index is 0.0632. The summed E-state index contributed by atoms with van der Waals surface area (Å²) >= 11 is 0. The van der Waals surface area contributed by atoms with E-state index < -0.39 is 11.9 Å². The number of nitrogens with two attached hydrogens (primary N) is 2. The number of rotatable bonds is 14. The maximum absolute atomic E-state index is 12.2. The molecule has 0 bridgehead atoms. The number of carbonyl (C=O) groups is 2. The Hall–Kier alpha value is -6.41. The van der Waals surface area contributed by atoms with Crippen LogP contribution in [0.25, 0.3) is 11.9 Å². The lowest BCUT2D eigenvalue weighted by molar-refractivity contribution is 0.0592. The maximum atomic E-state index is 12.2. The first kappa shape index (κ1) is 34.9. The molecule has 0 saturated carbocycles. The van der Waals surface area contributed by atoms with Gasteiger partial charge in [0.15, 0.2) is 34.6 Å². The highest BCUT2D eigenvalue weighted by atomic mass is 16.5. The third-order valence-electron chi connectivity index (χ3n) is 7.50. The number of azo groups is 2. The zero-order valence-electron chi connectivity index (χ0n) is 28.5. The maximum Gasteiger partial charge on any atom is 0.343 e. The molecule has 0 atom stereocenters. The molecular weight excluding hydrogens is 650 g/mol. The van der Waals surface area contributed by atoms with Gasteiger partial charge in [-0.05, 0) is 25.7 Å². The summed E-state index contributed by atoms with van der Waals surface area (Å²) in [6, 6.07) is 0. The highest BCUT2D eigenvalue weighted by Gasteiger charge is 2.24. The number of carbonyl (C=O) groups excluding carboxylic acids is 2. The average Bonchev–Trinajstić information content (AvgIpc) is 3.86. The van der Waals surface area contributed by atoms with Crippen molar-refractivity contribution in [1.82, 2.24) is 54.1 Å². The van der Waals surface area contributed by atoms with Gasteiger partial charge in [0.25, 0.3) is 11.9 Å². The van der Waals surface area contributed by atoms with Gasteiger partial charge in [0.2, 0.25) is 0 Å². The number of hydrogen-bond acceptors (Lipinski definition) is 17. The van der Waals surface area contributed by atoms with Crippen LogP contribution in [-0.2, 0) is 36.4 Å². The zero-order valence-corrected chi connectivity index (χ0v) is 28.5. The molecule has 0 aliphatic heterocycles. The van der Waals surface area contributed by atoms with Crippen LogP contribution in [0.1, 0.15) is 71.6 Å². The average molecular weight is 688 g/mol. The van der Waals surface area contributed by atoms with E-state index in [0.717, 1.165) is 25.7 Å². The van der Waals surface area contributed by atoms with Gasteiger partial charge in [0.05, 0.1) is 38.0 Å². The lowest BCUT2D eigenvalue weighted by Crippen LogP contribution is -2.12. The fourth-order valence-corrected chi connectivity index (χ4v) is 4.77. The Kier molecular flexibility index (Phi) is 10.6. The fourth-order valence-electron chi connectivity index (χ4n) is 4.77. The predicted molar refractivity (Wildman–Crippen MR) is 178 cm³/mol. The number of methoxy groups -OCH3 is 2. The number of esters is 2. The van der Waals surface area contributed by atoms with Gasteiger partial charge in [-0.1, -0.05) is 26.7 Å². The molecule has 0 unspecified atom stereocenters. The number of ether oxygens (including phenoxy) is 2. The third-order valence-corrected chi connectivity index (χ3v) is 7.50. The number of nitrogens with zero attached hydrogens (tertiary/aromatic N) is 15. The summed E-state index contributed by atoms with van der Waals surface area (Å²) < 4.78 is 15.1. The van der Waals surface area contributed by atoms with Gasteiger partial charge in [-0.3, -0.25) is 0 Å². The van der Waals surface area contributed by atoms with Crippen LogP contribution in [0.5, 0.6) is 0 Å². The van der Waals surface area contributed by atoms with E-state index in [1.807, 2.05) is 13.8 Å². The molecule has 0 aromatic carbocycles. The Balaban J connectivity index is 1.55. The first-order valence-corrected chi connectivity index (χ1v) is 15.6. The molecule has 4 N–H and O–H groups in total. The monoisotopic (exact) mass is 687 g/mol. The summed E-state index contributed by atoms with van der Waals surface area (Å²) in [5.74, 6) is -0.532. The third kappa shape index (κ3) is 6.91. The highest BCUT2D eigenvalue weighted by Crippen LogP contribution is 2.34. The lowest BCUT2D eigenvalue weighted by Gasteiger charge is -2.05. The van der Waals surface area contributed by atoms with E-state index in [4.69, 9.17) is 20.9 Å². The molecule has 262 valence electrons. The minimum Gasteiger partial charge on any atom is -0.465 e. The fraction of sp³-hybridized carbons (Fsp3) is 0.414. The first-order chi connectivity index (χ1) is 24.1. The van der Waals surface area contributed by atoms with Crippen LogP contribution in [0.4, 0.5) is 34.6 Å². The van der Waals surface area contributed by atoms with Crippen molar-refractivity contribution in [3.63, 3.8) is 0 Å². The molecule has 0 aliphatic carbocycles. The van der Waals surface area contributed by atoms with E-state index >= 15 is 0 Å². The highest BCUT2D eigenvalue weighted by molar-refractivity contribution is 5.94. The van der Waals surface area contributed by atoms with Crippen molar-refractivity contribution in [3.05, 3.63) is 41.2 Å². The van der Waals surface area contributed by atoms with Crippen LogP contribution < -0.4 is 11.5 Å². The Morgan fingerprint density at radius 3 is 1.52 bits per heavy atom. The number of anilines is 2. The van der Waals surface area contributed by atoms with Gasteiger partial charge in [0, 0.05) is 14.1 Å². The van der Waals surface area contributed by atoms with Crippen molar-refractivity contribution in [1.29, 1.82) is 0 Å². The number of aromatic nitrogens is 11. The van der Waals surface area contributed by atoms with Gasteiger partial charge in [0.1, 0.15) is 17.5 Å².